The molecular formula is C17H15ClF3NO. The van der Waals surface area contributed by atoms with Crippen LogP contribution in [-0.2, 0) is 11.0 Å². The normalized spacial score (nSPS) is 12.7. The van der Waals surface area contributed by atoms with E-state index in [2.05, 4.69) is 5.32 Å². The zero-order valence-corrected chi connectivity index (χ0v) is 13.1. The molecule has 0 saturated carbocycles. The second-order valence-electron chi connectivity index (χ2n) is 5.05. The predicted octanol–water partition coefficient (Wildman–Crippen LogP) is 5.49. The number of benzene rings is 2. The summed E-state index contributed by atoms with van der Waals surface area (Å²) in [5.41, 5.74) is -0.488. The van der Waals surface area contributed by atoms with Gasteiger partial charge in [0.15, 0.2) is 0 Å². The molecule has 0 fully saturated rings. The van der Waals surface area contributed by atoms with Crippen molar-refractivity contribution in [3.63, 3.8) is 0 Å². The fraction of sp³-hybridized carbons (Fsp3) is 0.235. The van der Waals surface area contributed by atoms with E-state index in [0.29, 0.717) is 6.42 Å². The van der Waals surface area contributed by atoms with Gasteiger partial charge in [0.05, 0.1) is 17.2 Å². The van der Waals surface area contributed by atoms with Crippen LogP contribution < -0.4 is 5.32 Å². The third-order valence-electron chi connectivity index (χ3n) is 3.47. The Kier molecular flexibility index (Phi) is 5.31. The van der Waals surface area contributed by atoms with Crippen LogP contribution in [0.4, 0.5) is 18.9 Å². The summed E-state index contributed by atoms with van der Waals surface area (Å²) in [4.78, 5) is 12.4. The van der Waals surface area contributed by atoms with E-state index in [1.807, 2.05) is 13.0 Å². The lowest BCUT2D eigenvalue weighted by atomic mass is 9.95. The van der Waals surface area contributed by atoms with Crippen LogP contribution in [0.5, 0.6) is 0 Å². The Bertz CT molecular complexity index is 686. The second-order valence-corrected chi connectivity index (χ2v) is 5.48. The van der Waals surface area contributed by atoms with Crippen LogP contribution in [0.25, 0.3) is 0 Å². The van der Waals surface area contributed by atoms with E-state index in [0.717, 1.165) is 11.6 Å². The van der Waals surface area contributed by atoms with Gasteiger partial charge in [-0.1, -0.05) is 48.9 Å². The predicted molar refractivity (Wildman–Crippen MR) is 84.6 cm³/mol. The molecule has 0 aromatic heterocycles. The molecule has 0 aliphatic carbocycles. The quantitative estimate of drug-likeness (QED) is 0.782. The van der Waals surface area contributed by atoms with Gasteiger partial charge in [-0.2, -0.15) is 13.2 Å². The van der Waals surface area contributed by atoms with Gasteiger partial charge in [0.2, 0.25) is 5.91 Å². The first-order valence-corrected chi connectivity index (χ1v) is 7.43. The van der Waals surface area contributed by atoms with Gasteiger partial charge >= 0.3 is 6.18 Å². The molecule has 23 heavy (non-hydrogen) atoms. The maximum Gasteiger partial charge on any atom is 0.418 e. The van der Waals surface area contributed by atoms with Crippen molar-refractivity contribution < 1.29 is 18.0 Å². The van der Waals surface area contributed by atoms with E-state index in [-0.39, 0.29) is 10.7 Å². The summed E-state index contributed by atoms with van der Waals surface area (Å²) in [5, 5.41) is 2.34. The van der Waals surface area contributed by atoms with E-state index in [1.165, 1.54) is 12.1 Å². The van der Waals surface area contributed by atoms with Crippen molar-refractivity contribution in [2.24, 2.45) is 0 Å². The molecule has 1 amide bonds. The first-order valence-electron chi connectivity index (χ1n) is 7.05. The second kappa shape index (κ2) is 7.04. The van der Waals surface area contributed by atoms with Gasteiger partial charge in [-0.05, 0) is 30.2 Å². The van der Waals surface area contributed by atoms with Crippen molar-refractivity contribution in [3.8, 4) is 0 Å². The standard InChI is InChI=1S/C17H15ClF3NO/c1-2-13(11-6-4-3-5-7-11)16(23)22-15-9-8-12(18)10-14(15)17(19,20)21/h3-10,13H,2H2,1H3,(H,22,23)/t13-/m0/s1. The SMILES string of the molecule is CC[C@H](C(=O)Nc1ccc(Cl)cc1C(F)(F)F)c1ccccc1. The third-order valence-corrected chi connectivity index (χ3v) is 3.71. The Labute approximate surface area is 137 Å². The summed E-state index contributed by atoms with van der Waals surface area (Å²) in [6.07, 6.45) is -4.12. The van der Waals surface area contributed by atoms with Crippen LogP contribution in [-0.4, -0.2) is 5.91 Å². The average Bonchev–Trinajstić information content (AvgIpc) is 2.50. The molecule has 2 rings (SSSR count). The number of halogens is 4. The fourth-order valence-corrected chi connectivity index (χ4v) is 2.51. The molecular weight excluding hydrogens is 327 g/mol. The van der Waals surface area contributed by atoms with E-state index < -0.39 is 23.6 Å². The summed E-state index contributed by atoms with van der Waals surface area (Å²) in [6.45, 7) is 1.81. The van der Waals surface area contributed by atoms with Crippen molar-refractivity contribution in [3.05, 3.63) is 64.7 Å². The number of anilines is 1. The smallest absolute Gasteiger partial charge is 0.325 e. The van der Waals surface area contributed by atoms with E-state index in [4.69, 9.17) is 11.6 Å². The summed E-state index contributed by atoms with van der Waals surface area (Å²) in [5.74, 6) is -1.00. The summed E-state index contributed by atoms with van der Waals surface area (Å²) in [7, 11) is 0. The van der Waals surface area contributed by atoms with Gasteiger partial charge in [-0.3, -0.25) is 4.79 Å². The van der Waals surface area contributed by atoms with E-state index >= 15 is 0 Å². The average molecular weight is 342 g/mol. The number of carbonyl (C=O) groups excluding carboxylic acids is 1. The molecule has 0 spiro atoms. The molecule has 6 heteroatoms. The maximum absolute atomic E-state index is 13.1. The highest BCUT2D eigenvalue weighted by Gasteiger charge is 2.34. The molecule has 0 heterocycles. The highest BCUT2D eigenvalue weighted by atomic mass is 35.5. The van der Waals surface area contributed by atoms with Crippen molar-refractivity contribution in [2.75, 3.05) is 5.32 Å². The number of alkyl halides is 3. The number of amides is 1. The van der Waals surface area contributed by atoms with Gasteiger partial charge in [-0.15, -0.1) is 0 Å². The summed E-state index contributed by atoms with van der Waals surface area (Å²) < 4.78 is 39.2. The van der Waals surface area contributed by atoms with E-state index in [9.17, 15) is 18.0 Å². The van der Waals surface area contributed by atoms with Gasteiger partial charge < -0.3 is 5.32 Å². The lowest BCUT2D eigenvalue weighted by Crippen LogP contribution is -2.22. The zero-order valence-electron chi connectivity index (χ0n) is 12.3. The largest absolute Gasteiger partial charge is 0.418 e. The Morgan fingerprint density at radius 3 is 2.39 bits per heavy atom. The minimum Gasteiger partial charge on any atom is -0.325 e. The summed E-state index contributed by atoms with van der Waals surface area (Å²) in [6, 6.07) is 12.2. The molecule has 2 aromatic rings. The van der Waals surface area contributed by atoms with Crippen molar-refractivity contribution >= 4 is 23.2 Å². The topological polar surface area (TPSA) is 29.1 Å². The van der Waals surface area contributed by atoms with Crippen molar-refractivity contribution in [2.45, 2.75) is 25.4 Å². The molecule has 2 nitrogen and oxygen atoms in total. The Morgan fingerprint density at radius 2 is 1.83 bits per heavy atom. The first-order chi connectivity index (χ1) is 10.8. The number of hydrogen-bond donors (Lipinski definition) is 1. The lowest BCUT2D eigenvalue weighted by Gasteiger charge is -2.18. The number of carbonyl (C=O) groups is 1. The number of rotatable bonds is 4. The minimum atomic E-state index is -4.60. The van der Waals surface area contributed by atoms with Crippen LogP contribution in [0, 0.1) is 0 Å². The van der Waals surface area contributed by atoms with Crippen LogP contribution in [0.1, 0.15) is 30.4 Å². The minimum absolute atomic E-state index is 0.0366. The monoisotopic (exact) mass is 341 g/mol. The molecule has 2 aromatic carbocycles. The number of nitrogens with one attached hydrogen (secondary N) is 1. The van der Waals surface area contributed by atoms with Crippen LogP contribution in [0.15, 0.2) is 48.5 Å². The van der Waals surface area contributed by atoms with Gasteiger partial charge in [0.25, 0.3) is 0 Å². The van der Waals surface area contributed by atoms with Crippen LogP contribution in [0.2, 0.25) is 5.02 Å². The van der Waals surface area contributed by atoms with Crippen LogP contribution >= 0.6 is 11.6 Å². The Balaban J connectivity index is 2.30. The molecule has 122 valence electrons. The third kappa shape index (κ3) is 4.26. The molecule has 0 saturated heterocycles. The molecule has 1 atom stereocenters. The molecule has 0 aliphatic rings. The Morgan fingerprint density at radius 1 is 1.17 bits per heavy atom. The molecule has 0 radical (unpaired) electrons. The lowest BCUT2D eigenvalue weighted by molar-refractivity contribution is -0.137. The molecule has 1 N–H and O–H groups in total. The zero-order chi connectivity index (χ0) is 17.0. The first kappa shape index (κ1) is 17.3. The van der Waals surface area contributed by atoms with Gasteiger partial charge in [-0.25, -0.2) is 0 Å². The molecule has 0 unspecified atom stereocenters. The highest BCUT2D eigenvalue weighted by Crippen LogP contribution is 2.37. The fourth-order valence-electron chi connectivity index (χ4n) is 2.34. The number of hydrogen-bond acceptors (Lipinski definition) is 1. The van der Waals surface area contributed by atoms with Gasteiger partial charge in [0, 0.05) is 5.02 Å². The molecule has 0 bridgehead atoms. The van der Waals surface area contributed by atoms with Crippen LogP contribution in [0.3, 0.4) is 0 Å². The van der Waals surface area contributed by atoms with Crippen molar-refractivity contribution in [1.29, 1.82) is 0 Å². The van der Waals surface area contributed by atoms with E-state index in [1.54, 1.807) is 24.3 Å². The van der Waals surface area contributed by atoms with Gasteiger partial charge in [0.1, 0.15) is 0 Å². The van der Waals surface area contributed by atoms with Crippen molar-refractivity contribution in [1.82, 2.24) is 0 Å². The maximum atomic E-state index is 13.1. The highest BCUT2D eigenvalue weighted by molar-refractivity contribution is 6.30. The summed E-state index contributed by atoms with van der Waals surface area (Å²) >= 11 is 5.63. The molecule has 0 aliphatic heterocycles. The Hall–Kier alpha value is -2.01.